The number of esters is 1. The van der Waals surface area contributed by atoms with Crippen LogP contribution in [0.25, 0.3) is 0 Å². The number of hydrogen-bond acceptors (Lipinski definition) is 6. The summed E-state index contributed by atoms with van der Waals surface area (Å²) in [5.41, 5.74) is -0.560. The summed E-state index contributed by atoms with van der Waals surface area (Å²) in [4.78, 5) is 24.1. The number of carbonyl (C=O) groups is 2. The van der Waals surface area contributed by atoms with Crippen LogP contribution in [-0.4, -0.2) is 51.3 Å². The third-order valence-corrected chi connectivity index (χ3v) is 6.17. The molecule has 1 aliphatic rings. The molecule has 1 aliphatic heterocycles. The summed E-state index contributed by atoms with van der Waals surface area (Å²) in [6, 6.07) is 4.09. The summed E-state index contributed by atoms with van der Waals surface area (Å²) in [5.74, 6) is -0.799. The van der Waals surface area contributed by atoms with Crippen molar-refractivity contribution in [1.82, 2.24) is 4.31 Å². The average Bonchev–Trinajstić information content (AvgIpc) is 3.13. The van der Waals surface area contributed by atoms with Gasteiger partial charge in [-0.1, -0.05) is 20.8 Å². The first kappa shape index (κ1) is 20.4. The van der Waals surface area contributed by atoms with Gasteiger partial charge in [-0.3, -0.25) is 4.79 Å². The molecule has 0 radical (unpaired) electrons. The molecule has 0 spiro atoms. The molecule has 26 heavy (non-hydrogen) atoms. The molecule has 144 valence electrons. The highest BCUT2D eigenvalue weighted by Gasteiger charge is 2.31. The van der Waals surface area contributed by atoms with E-state index in [1.54, 1.807) is 20.8 Å². The highest BCUT2D eigenvalue weighted by molar-refractivity contribution is 7.89. The smallest absolute Gasteiger partial charge is 0.338 e. The monoisotopic (exact) mass is 383 g/mol. The number of rotatable bonds is 6. The predicted molar refractivity (Wildman–Crippen MR) is 95.7 cm³/mol. The maximum atomic E-state index is 12.8. The Hall–Kier alpha value is -1.93. The number of benzene rings is 1. The van der Waals surface area contributed by atoms with E-state index < -0.39 is 21.4 Å². The van der Waals surface area contributed by atoms with E-state index in [2.05, 4.69) is 0 Å². The molecule has 0 aromatic heterocycles. The minimum atomic E-state index is -3.76. The van der Waals surface area contributed by atoms with Crippen LogP contribution >= 0.6 is 0 Å². The SMILES string of the molecule is COc1ccc(C(=O)OCC(=O)C(C)(C)C)cc1S(=O)(=O)N1CCCC1. The molecular weight excluding hydrogens is 358 g/mol. The highest BCUT2D eigenvalue weighted by Crippen LogP contribution is 2.30. The molecule has 8 heteroatoms. The van der Waals surface area contributed by atoms with Crippen molar-refractivity contribution in [2.45, 2.75) is 38.5 Å². The summed E-state index contributed by atoms with van der Waals surface area (Å²) in [6.45, 7) is 5.73. The van der Waals surface area contributed by atoms with Crippen LogP contribution in [0.2, 0.25) is 0 Å². The lowest BCUT2D eigenvalue weighted by molar-refractivity contribution is -0.129. The average molecular weight is 383 g/mol. The van der Waals surface area contributed by atoms with Crippen molar-refractivity contribution in [3.63, 3.8) is 0 Å². The van der Waals surface area contributed by atoms with Crippen LogP contribution in [-0.2, 0) is 19.6 Å². The van der Waals surface area contributed by atoms with Gasteiger partial charge >= 0.3 is 5.97 Å². The van der Waals surface area contributed by atoms with Crippen LogP contribution in [0.3, 0.4) is 0 Å². The lowest BCUT2D eigenvalue weighted by Crippen LogP contribution is -2.28. The van der Waals surface area contributed by atoms with E-state index in [0.29, 0.717) is 13.1 Å². The highest BCUT2D eigenvalue weighted by atomic mass is 32.2. The quantitative estimate of drug-likeness (QED) is 0.700. The van der Waals surface area contributed by atoms with Crippen LogP contribution in [0, 0.1) is 5.41 Å². The van der Waals surface area contributed by atoms with E-state index in [0.717, 1.165) is 12.8 Å². The van der Waals surface area contributed by atoms with Crippen LogP contribution in [0.4, 0.5) is 0 Å². The summed E-state index contributed by atoms with van der Waals surface area (Å²) >= 11 is 0. The number of ketones is 1. The molecule has 1 aromatic rings. The lowest BCUT2D eigenvalue weighted by atomic mass is 9.91. The van der Waals surface area contributed by atoms with Gasteiger partial charge in [0.1, 0.15) is 10.6 Å². The molecule has 0 bridgehead atoms. The van der Waals surface area contributed by atoms with Gasteiger partial charge in [0.05, 0.1) is 12.7 Å². The minimum Gasteiger partial charge on any atom is -0.495 e. The van der Waals surface area contributed by atoms with Gasteiger partial charge in [-0.25, -0.2) is 13.2 Å². The number of ether oxygens (including phenoxy) is 2. The molecule has 0 N–H and O–H groups in total. The molecule has 0 aliphatic carbocycles. The Morgan fingerprint density at radius 2 is 1.77 bits per heavy atom. The van der Waals surface area contributed by atoms with Crippen molar-refractivity contribution in [3.8, 4) is 5.75 Å². The maximum Gasteiger partial charge on any atom is 0.338 e. The molecule has 1 aromatic carbocycles. The third-order valence-electron chi connectivity index (χ3n) is 4.25. The minimum absolute atomic E-state index is 0.0604. The Labute approximate surface area is 154 Å². The standard InChI is InChI=1S/C18H25NO6S/c1-18(2,3)16(20)12-25-17(21)13-7-8-14(24-4)15(11-13)26(22,23)19-9-5-6-10-19/h7-8,11H,5-6,9-10,12H2,1-4H3. The molecule has 1 fully saturated rings. The number of sulfonamides is 1. The van der Waals surface area contributed by atoms with Crippen LogP contribution in [0.5, 0.6) is 5.75 Å². The van der Waals surface area contributed by atoms with Crippen LogP contribution in [0.1, 0.15) is 44.0 Å². The summed E-state index contributed by atoms with van der Waals surface area (Å²) < 4.78 is 37.2. The topological polar surface area (TPSA) is 90.0 Å². The van der Waals surface area contributed by atoms with Crippen molar-refractivity contribution in [3.05, 3.63) is 23.8 Å². The molecule has 2 rings (SSSR count). The van der Waals surface area contributed by atoms with Gasteiger partial charge in [0.15, 0.2) is 12.4 Å². The molecule has 0 saturated carbocycles. The second-order valence-electron chi connectivity index (χ2n) is 7.23. The van der Waals surface area contributed by atoms with E-state index >= 15 is 0 Å². The van der Waals surface area contributed by atoms with E-state index in [1.165, 1.54) is 29.6 Å². The second kappa shape index (κ2) is 7.75. The fourth-order valence-corrected chi connectivity index (χ4v) is 4.20. The van der Waals surface area contributed by atoms with E-state index in [1.807, 2.05) is 0 Å². The summed E-state index contributed by atoms with van der Waals surface area (Å²) in [6.07, 6.45) is 1.61. The van der Waals surface area contributed by atoms with Crippen molar-refractivity contribution >= 4 is 21.8 Å². The van der Waals surface area contributed by atoms with Gasteiger partial charge in [-0.05, 0) is 31.0 Å². The zero-order chi connectivity index (χ0) is 19.5. The third kappa shape index (κ3) is 4.42. The fourth-order valence-electron chi connectivity index (χ4n) is 2.50. The summed E-state index contributed by atoms with van der Waals surface area (Å²) in [7, 11) is -2.39. The molecule has 0 amide bonds. The zero-order valence-electron chi connectivity index (χ0n) is 15.6. The number of carbonyl (C=O) groups excluding carboxylic acids is 2. The van der Waals surface area contributed by atoms with E-state index in [4.69, 9.17) is 9.47 Å². The Morgan fingerprint density at radius 1 is 1.15 bits per heavy atom. The Kier molecular flexibility index (Phi) is 6.08. The van der Waals surface area contributed by atoms with E-state index in [-0.39, 0.29) is 28.6 Å². The second-order valence-corrected chi connectivity index (χ2v) is 9.13. The van der Waals surface area contributed by atoms with Crippen molar-refractivity contribution in [2.24, 2.45) is 5.41 Å². The van der Waals surface area contributed by atoms with Gasteiger partial charge in [0.2, 0.25) is 10.0 Å². The van der Waals surface area contributed by atoms with Crippen LogP contribution < -0.4 is 4.74 Å². The van der Waals surface area contributed by atoms with Crippen molar-refractivity contribution in [2.75, 3.05) is 26.8 Å². The Balaban J connectivity index is 2.26. The lowest BCUT2D eigenvalue weighted by Gasteiger charge is -2.18. The molecular formula is C18H25NO6S. The largest absolute Gasteiger partial charge is 0.495 e. The van der Waals surface area contributed by atoms with Gasteiger partial charge in [-0.15, -0.1) is 0 Å². The maximum absolute atomic E-state index is 12.8. The first-order valence-corrected chi connectivity index (χ1v) is 9.90. The van der Waals surface area contributed by atoms with Gasteiger partial charge in [0, 0.05) is 18.5 Å². The first-order chi connectivity index (χ1) is 12.1. The molecule has 1 saturated heterocycles. The zero-order valence-corrected chi connectivity index (χ0v) is 16.4. The van der Waals surface area contributed by atoms with Crippen molar-refractivity contribution < 1.29 is 27.5 Å². The molecule has 0 atom stereocenters. The fraction of sp³-hybridized carbons (Fsp3) is 0.556. The van der Waals surface area contributed by atoms with Gasteiger partial charge < -0.3 is 9.47 Å². The number of hydrogen-bond donors (Lipinski definition) is 0. The first-order valence-electron chi connectivity index (χ1n) is 8.46. The van der Waals surface area contributed by atoms with Crippen LogP contribution in [0.15, 0.2) is 23.1 Å². The molecule has 1 heterocycles. The normalized spacial score (nSPS) is 15.7. The number of nitrogens with zero attached hydrogens (tertiary/aromatic N) is 1. The van der Waals surface area contributed by atoms with Gasteiger partial charge in [0.25, 0.3) is 0 Å². The summed E-state index contributed by atoms with van der Waals surface area (Å²) in [5, 5.41) is 0. The van der Waals surface area contributed by atoms with Crippen molar-refractivity contribution in [1.29, 1.82) is 0 Å². The van der Waals surface area contributed by atoms with Gasteiger partial charge in [-0.2, -0.15) is 4.31 Å². The molecule has 0 unspecified atom stereocenters. The molecule has 7 nitrogen and oxygen atoms in total. The number of methoxy groups -OCH3 is 1. The predicted octanol–water partition coefficient (Wildman–Crippen LogP) is 2.25. The Bertz CT molecular complexity index is 788. The van der Waals surface area contributed by atoms with E-state index in [9.17, 15) is 18.0 Å². The number of Topliss-reactive ketones (excluding diaryl/α,β-unsaturated/α-hetero) is 1. The Morgan fingerprint density at radius 3 is 2.31 bits per heavy atom.